The van der Waals surface area contributed by atoms with Crippen molar-refractivity contribution in [2.45, 2.75) is 16.3 Å². The lowest BCUT2D eigenvalue weighted by molar-refractivity contribution is 0.0950. The Morgan fingerprint density at radius 1 is 0.971 bits per heavy atom. The third-order valence-electron chi connectivity index (χ3n) is 5.41. The molecule has 0 aliphatic carbocycles. The number of anilines is 1. The maximum atomic E-state index is 12.9. The molecular weight excluding hydrogens is 458 g/mol. The first-order valence-corrected chi connectivity index (χ1v) is 12.0. The van der Waals surface area contributed by atoms with Crippen LogP contribution in [0.3, 0.4) is 0 Å². The molecule has 11 nitrogen and oxygen atoms in total. The molecule has 5 heterocycles. The number of hydrogen-bond donors (Lipinski definition) is 1. The van der Waals surface area contributed by atoms with Crippen molar-refractivity contribution in [2.75, 3.05) is 31.2 Å². The van der Waals surface area contributed by atoms with E-state index in [1.165, 1.54) is 24.7 Å². The van der Waals surface area contributed by atoms with Gasteiger partial charge in [-0.3, -0.25) is 9.78 Å². The maximum Gasteiger partial charge on any atom is 0.253 e. The standard InChI is InChI=1S/C22H21N7O4S/c30-21(16-1-4-20-23-5-6-29(20)15-16)25-11-17-2-3-18(12-24-17)34(31,32)19-13-26-22(27-14-19)28-7-9-33-10-8-28/h1-6,12-15H,7-11H2,(H,25,30). The average molecular weight is 480 g/mol. The quantitative estimate of drug-likeness (QED) is 0.432. The summed E-state index contributed by atoms with van der Waals surface area (Å²) in [6.45, 7) is 2.64. The third-order valence-corrected chi connectivity index (χ3v) is 7.10. The van der Waals surface area contributed by atoms with Gasteiger partial charge >= 0.3 is 0 Å². The highest BCUT2D eigenvalue weighted by Crippen LogP contribution is 2.20. The third kappa shape index (κ3) is 4.45. The number of carbonyl (C=O) groups excluding carboxylic acids is 1. The number of morpholine rings is 1. The van der Waals surface area contributed by atoms with Crippen molar-refractivity contribution in [1.82, 2.24) is 29.7 Å². The number of hydrogen-bond acceptors (Lipinski definition) is 9. The van der Waals surface area contributed by atoms with Crippen LogP contribution in [0.2, 0.25) is 0 Å². The van der Waals surface area contributed by atoms with Crippen molar-refractivity contribution in [3.63, 3.8) is 0 Å². The lowest BCUT2D eigenvalue weighted by atomic mass is 10.2. The number of carbonyl (C=O) groups is 1. The molecule has 0 unspecified atom stereocenters. The highest BCUT2D eigenvalue weighted by atomic mass is 32.2. The van der Waals surface area contributed by atoms with E-state index in [-0.39, 0.29) is 22.2 Å². The molecule has 1 aliphatic rings. The van der Waals surface area contributed by atoms with E-state index < -0.39 is 9.84 Å². The van der Waals surface area contributed by atoms with Crippen LogP contribution in [0.15, 0.2) is 71.2 Å². The lowest BCUT2D eigenvalue weighted by Gasteiger charge is -2.26. The van der Waals surface area contributed by atoms with Gasteiger partial charge in [0.1, 0.15) is 10.5 Å². The van der Waals surface area contributed by atoms with E-state index in [1.807, 2.05) is 4.90 Å². The molecule has 34 heavy (non-hydrogen) atoms. The fraction of sp³-hybridized carbons (Fsp3) is 0.227. The summed E-state index contributed by atoms with van der Waals surface area (Å²) in [4.78, 5) is 31.2. The van der Waals surface area contributed by atoms with Gasteiger partial charge in [0.15, 0.2) is 0 Å². The number of ether oxygens (including phenoxy) is 1. The number of sulfone groups is 1. The molecule has 0 saturated carbocycles. The maximum absolute atomic E-state index is 12.9. The first-order chi connectivity index (χ1) is 16.5. The summed E-state index contributed by atoms with van der Waals surface area (Å²) in [7, 11) is -3.82. The lowest BCUT2D eigenvalue weighted by Crippen LogP contribution is -2.37. The molecule has 1 saturated heterocycles. The molecule has 0 bridgehead atoms. The van der Waals surface area contributed by atoms with Crippen molar-refractivity contribution >= 4 is 27.3 Å². The number of pyridine rings is 2. The minimum atomic E-state index is -3.82. The van der Waals surface area contributed by atoms with Crippen LogP contribution in [0.1, 0.15) is 16.1 Å². The minimum Gasteiger partial charge on any atom is -0.378 e. The molecule has 1 amide bonds. The zero-order valence-electron chi connectivity index (χ0n) is 18.0. The van der Waals surface area contributed by atoms with Crippen LogP contribution in [-0.4, -0.2) is 65.0 Å². The van der Waals surface area contributed by atoms with E-state index in [1.54, 1.807) is 41.2 Å². The second-order valence-corrected chi connectivity index (χ2v) is 9.55. The van der Waals surface area contributed by atoms with Crippen LogP contribution in [0, 0.1) is 0 Å². The Bertz CT molecular complexity index is 1410. The highest BCUT2D eigenvalue weighted by Gasteiger charge is 2.21. The fourth-order valence-electron chi connectivity index (χ4n) is 3.51. The normalized spacial score (nSPS) is 14.3. The smallest absolute Gasteiger partial charge is 0.253 e. The van der Waals surface area contributed by atoms with Crippen LogP contribution >= 0.6 is 0 Å². The monoisotopic (exact) mass is 479 g/mol. The molecule has 0 spiro atoms. The van der Waals surface area contributed by atoms with E-state index in [9.17, 15) is 13.2 Å². The summed E-state index contributed by atoms with van der Waals surface area (Å²) < 4.78 is 32.9. The Morgan fingerprint density at radius 2 is 1.74 bits per heavy atom. The molecule has 0 atom stereocenters. The van der Waals surface area contributed by atoms with E-state index in [2.05, 4.69) is 25.3 Å². The van der Waals surface area contributed by atoms with Gasteiger partial charge in [-0.05, 0) is 24.3 Å². The van der Waals surface area contributed by atoms with Gasteiger partial charge < -0.3 is 19.4 Å². The molecule has 1 aliphatic heterocycles. The minimum absolute atomic E-state index is 0.0118. The Kier molecular flexibility index (Phi) is 5.90. The Hall–Kier alpha value is -3.90. The molecule has 4 aromatic heterocycles. The molecular formula is C22H21N7O4S. The average Bonchev–Trinajstić information content (AvgIpc) is 3.36. The summed E-state index contributed by atoms with van der Waals surface area (Å²) in [5.74, 6) is 0.199. The van der Waals surface area contributed by atoms with Gasteiger partial charge in [0.05, 0.1) is 48.3 Å². The Balaban J connectivity index is 1.24. The predicted octanol–water partition coefficient (Wildman–Crippen LogP) is 1.12. The number of nitrogens with one attached hydrogen (secondary N) is 1. The second-order valence-electron chi connectivity index (χ2n) is 7.60. The van der Waals surface area contributed by atoms with Crippen LogP contribution in [0.4, 0.5) is 5.95 Å². The summed E-state index contributed by atoms with van der Waals surface area (Å²) in [6, 6.07) is 6.46. The van der Waals surface area contributed by atoms with Crippen LogP contribution < -0.4 is 10.2 Å². The predicted molar refractivity (Wildman–Crippen MR) is 121 cm³/mol. The molecule has 0 aromatic carbocycles. The summed E-state index contributed by atoms with van der Waals surface area (Å²) in [5.41, 5.74) is 1.75. The van der Waals surface area contributed by atoms with Crippen LogP contribution in [0.25, 0.3) is 5.65 Å². The number of nitrogens with zero attached hydrogens (tertiary/aromatic N) is 6. The van der Waals surface area contributed by atoms with E-state index in [4.69, 9.17) is 4.74 Å². The number of aromatic nitrogens is 5. The van der Waals surface area contributed by atoms with Gasteiger partial charge in [0.2, 0.25) is 15.8 Å². The van der Waals surface area contributed by atoms with Gasteiger partial charge in [-0.25, -0.2) is 23.4 Å². The number of fused-ring (bicyclic) bond motifs is 1. The molecule has 1 fully saturated rings. The van der Waals surface area contributed by atoms with Gasteiger partial charge in [0, 0.05) is 37.9 Å². The zero-order chi connectivity index (χ0) is 23.5. The van der Waals surface area contributed by atoms with Crippen molar-refractivity contribution < 1.29 is 17.9 Å². The first-order valence-electron chi connectivity index (χ1n) is 10.6. The van der Waals surface area contributed by atoms with Crippen LogP contribution in [-0.2, 0) is 21.1 Å². The molecule has 4 aromatic rings. The van der Waals surface area contributed by atoms with Gasteiger partial charge in [-0.1, -0.05) is 0 Å². The first kappa shape index (κ1) is 21.9. The van der Waals surface area contributed by atoms with Crippen molar-refractivity contribution in [3.05, 3.63) is 72.7 Å². The summed E-state index contributed by atoms with van der Waals surface area (Å²) >= 11 is 0. The number of amides is 1. The zero-order valence-corrected chi connectivity index (χ0v) is 18.9. The fourth-order valence-corrected chi connectivity index (χ4v) is 4.61. The van der Waals surface area contributed by atoms with E-state index in [0.29, 0.717) is 43.5 Å². The van der Waals surface area contributed by atoms with Gasteiger partial charge in [-0.15, -0.1) is 0 Å². The van der Waals surface area contributed by atoms with Crippen molar-refractivity contribution in [3.8, 4) is 0 Å². The van der Waals surface area contributed by atoms with Crippen LogP contribution in [0.5, 0.6) is 0 Å². The highest BCUT2D eigenvalue weighted by molar-refractivity contribution is 7.91. The van der Waals surface area contributed by atoms with Crippen molar-refractivity contribution in [2.24, 2.45) is 0 Å². The summed E-state index contributed by atoms with van der Waals surface area (Å²) in [6.07, 6.45) is 8.98. The van der Waals surface area contributed by atoms with E-state index in [0.717, 1.165) is 5.65 Å². The van der Waals surface area contributed by atoms with Crippen molar-refractivity contribution in [1.29, 1.82) is 0 Å². The molecule has 174 valence electrons. The molecule has 0 radical (unpaired) electrons. The molecule has 1 N–H and O–H groups in total. The SMILES string of the molecule is O=C(NCc1ccc(S(=O)(=O)c2cnc(N3CCOCC3)nc2)cn1)c1ccc2nccn2c1. The van der Waals surface area contributed by atoms with Gasteiger partial charge in [-0.2, -0.15) is 0 Å². The Labute approximate surface area is 195 Å². The molecule has 12 heteroatoms. The number of rotatable bonds is 6. The topological polar surface area (TPSA) is 132 Å². The number of imidazole rings is 1. The molecule has 5 rings (SSSR count). The largest absolute Gasteiger partial charge is 0.378 e. The Morgan fingerprint density at radius 3 is 2.47 bits per heavy atom. The van der Waals surface area contributed by atoms with E-state index >= 15 is 0 Å². The summed E-state index contributed by atoms with van der Waals surface area (Å²) in [5, 5.41) is 2.78. The van der Waals surface area contributed by atoms with Gasteiger partial charge in [0.25, 0.3) is 5.91 Å². The second kappa shape index (κ2) is 9.15.